The highest BCUT2D eigenvalue weighted by molar-refractivity contribution is 7.09. The number of rotatable bonds is 3. The van der Waals surface area contributed by atoms with E-state index in [0.29, 0.717) is 18.2 Å². The van der Waals surface area contributed by atoms with Crippen LogP contribution in [0.2, 0.25) is 0 Å². The number of thiazole rings is 1. The van der Waals surface area contributed by atoms with Gasteiger partial charge >= 0.3 is 0 Å². The van der Waals surface area contributed by atoms with Crippen LogP contribution in [0.4, 0.5) is 5.82 Å². The third-order valence-electron chi connectivity index (χ3n) is 2.06. The van der Waals surface area contributed by atoms with Crippen LogP contribution >= 0.6 is 11.3 Å². The first-order chi connectivity index (χ1) is 6.24. The van der Waals surface area contributed by atoms with Crippen molar-refractivity contribution in [2.45, 2.75) is 26.2 Å². The van der Waals surface area contributed by atoms with Gasteiger partial charge in [-0.05, 0) is 25.7 Å². The van der Waals surface area contributed by atoms with E-state index in [-0.39, 0.29) is 5.91 Å². The number of amides is 1. The van der Waals surface area contributed by atoms with Gasteiger partial charge in [-0.2, -0.15) is 0 Å². The molecule has 1 aromatic rings. The molecule has 1 amide bonds. The van der Waals surface area contributed by atoms with Gasteiger partial charge in [-0.15, -0.1) is 11.3 Å². The number of anilines is 1. The summed E-state index contributed by atoms with van der Waals surface area (Å²) in [6.45, 7) is 1.93. The van der Waals surface area contributed by atoms with Gasteiger partial charge in [0, 0.05) is 11.8 Å². The van der Waals surface area contributed by atoms with E-state index in [2.05, 4.69) is 10.3 Å². The topological polar surface area (TPSA) is 42.0 Å². The standard InChI is InChI=1S/C9H12N2OS/c1-6-10-8(5-13-6)11-9(12)4-7-2-3-7/h5,7H,2-4H2,1H3,(H,11,12). The Labute approximate surface area is 81.2 Å². The van der Waals surface area contributed by atoms with Crippen molar-refractivity contribution in [3.05, 3.63) is 10.4 Å². The number of nitrogens with zero attached hydrogens (tertiary/aromatic N) is 1. The summed E-state index contributed by atoms with van der Waals surface area (Å²) < 4.78 is 0. The smallest absolute Gasteiger partial charge is 0.225 e. The molecule has 4 heteroatoms. The zero-order valence-electron chi connectivity index (χ0n) is 7.54. The van der Waals surface area contributed by atoms with Crippen LogP contribution in [0.3, 0.4) is 0 Å². The van der Waals surface area contributed by atoms with Crippen LogP contribution in [0.5, 0.6) is 0 Å². The quantitative estimate of drug-likeness (QED) is 0.805. The predicted octanol–water partition coefficient (Wildman–Crippen LogP) is 2.19. The van der Waals surface area contributed by atoms with E-state index in [0.717, 1.165) is 5.01 Å². The monoisotopic (exact) mass is 196 g/mol. The highest BCUT2D eigenvalue weighted by Crippen LogP contribution is 2.32. The fraction of sp³-hybridized carbons (Fsp3) is 0.556. The Morgan fingerprint density at radius 1 is 1.77 bits per heavy atom. The minimum Gasteiger partial charge on any atom is -0.310 e. The average molecular weight is 196 g/mol. The first-order valence-corrected chi connectivity index (χ1v) is 5.34. The van der Waals surface area contributed by atoms with Crippen molar-refractivity contribution in [2.24, 2.45) is 5.92 Å². The van der Waals surface area contributed by atoms with E-state index < -0.39 is 0 Å². The molecule has 1 N–H and O–H groups in total. The normalized spacial score (nSPS) is 15.8. The lowest BCUT2D eigenvalue weighted by molar-refractivity contribution is -0.116. The summed E-state index contributed by atoms with van der Waals surface area (Å²) in [4.78, 5) is 15.5. The molecule has 70 valence electrons. The summed E-state index contributed by atoms with van der Waals surface area (Å²) in [7, 11) is 0. The van der Waals surface area contributed by atoms with E-state index >= 15 is 0 Å². The van der Waals surface area contributed by atoms with Gasteiger partial charge in [0.2, 0.25) is 5.91 Å². The van der Waals surface area contributed by atoms with Crippen molar-refractivity contribution in [3.63, 3.8) is 0 Å². The van der Waals surface area contributed by atoms with E-state index in [1.54, 1.807) is 11.3 Å². The zero-order chi connectivity index (χ0) is 9.26. The molecule has 0 atom stereocenters. The lowest BCUT2D eigenvalue weighted by Gasteiger charge is -1.98. The van der Waals surface area contributed by atoms with E-state index in [9.17, 15) is 4.79 Å². The van der Waals surface area contributed by atoms with Crippen LogP contribution in [0.1, 0.15) is 24.3 Å². The Bertz CT molecular complexity index is 317. The van der Waals surface area contributed by atoms with Crippen LogP contribution in [0.15, 0.2) is 5.38 Å². The molecule has 3 nitrogen and oxygen atoms in total. The Morgan fingerprint density at radius 3 is 3.08 bits per heavy atom. The van der Waals surface area contributed by atoms with Gasteiger partial charge in [0.15, 0.2) is 0 Å². The number of hydrogen-bond acceptors (Lipinski definition) is 3. The Hall–Kier alpha value is -0.900. The number of nitrogens with one attached hydrogen (secondary N) is 1. The van der Waals surface area contributed by atoms with Crippen LogP contribution in [-0.4, -0.2) is 10.9 Å². The first kappa shape index (κ1) is 8.69. The van der Waals surface area contributed by atoms with Gasteiger partial charge in [-0.25, -0.2) is 4.98 Å². The van der Waals surface area contributed by atoms with Crippen molar-refractivity contribution < 1.29 is 4.79 Å². The Balaban J connectivity index is 1.85. The molecule has 1 fully saturated rings. The van der Waals surface area contributed by atoms with Gasteiger partial charge in [-0.1, -0.05) is 0 Å². The van der Waals surface area contributed by atoms with Gasteiger partial charge in [0.1, 0.15) is 5.82 Å². The zero-order valence-corrected chi connectivity index (χ0v) is 8.36. The summed E-state index contributed by atoms with van der Waals surface area (Å²) in [6.07, 6.45) is 3.09. The predicted molar refractivity (Wildman–Crippen MR) is 52.8 cm³/mol. The second-order valence-electron chi connectivity index (χ2n) is 3.45. The van der Waals surface area contributed by atoms with E-state index in [1.807, 2.05) is 12.3 Å². The number of carbonyl (C=O) groups is 1. The van der Waals surface area contributed by atoms with E-state index in [4.69, 9.17) is 0 Å². The molecular formula is C9H12N2OS. The molecule has 0 aliphatic heterocycles. The number of aryl methyl sites for hydroxylation is 1. The van der Waals surface area contributed by atoms with Gasteiger partial charge in [0.05, 0.1) is 5.01 Å². The fourth-order valence-corrected chi connectivity index (χ4v) is 1.74. The Morgan fingerprint density at radius 2 is 2.54 bits per heavy atom. The molecule has 0 spiro atoms. The van der Waals surface area contributed by atoms with Crippen LogP contribution < -0.4 is 5.32 Å². The number of hydrogen-bond donors (Lipinski definition) is 1. The van der Waals surface area contributed by atoms with Crippen LogP contribution in [0, 0.1) is 12.8 Å². The summed E-state index contributed by atoms with van der Waals surface area (Å²) in [5, 5.41) is 5.66. The second kappa shape index (κ2) is 3.46. The molecule has 0 bridgehead atoms. The maximum atomic E-state index is 11.3. The average Bonchev–Trinajstić information content (AvgIpc) is 2.76. The molecule has 2 rings (SSSR count). The lowest BCUT2D eigenvalue weighted by atomic mass is 10.3. The molecule has 0 radical (unpaired) electrons. The maximum Gasteiger partial charge on any atom is 0.225 e. The van der Waals surface area contributed by atoms with Gasteiger partial charge in [0.25, 0.3) is 0 Å². The summed E-state index contributed by atoms with van der Waals surface area (Å²) in [6, 6.07) is 0. The highest BCUT2D eigenvalue weighted by Gasteiger charge is 2.24. The molecule has 1 aliphatic rings. The van der Waals surface area contributed by atoms with Gasteiger partial charge in [-0.3, -0.25) is 4.79 Å². The molecule has 0 unspecified atom stereocenters. The van der Waals surface area contributed by atoms with E-state index in [1.165, 1.54) is 12.8 Å². The van der Waals surface area contributed by atoms with Crippen molar-refractivity contribution in [1.29, 1.82) is 0 Å². The lowest BCUT2D eigenvalue weighted by Crippen LogP contribution is -2.12. The molecule has 0 saturated heterocycles. The minimum atomic E-state index is 0.104. The third-order valence-corrected chi connectivity index (χ3v) is 2.83. The molecular weight excluding hydrogens is 184 g/mol. The molecule has 0 aromatic carbocycles. The fourth-order valence-electron chi connectivity index (χ4n) is 1.20. The molecule has 1 aromatic heterocycles. The Kier molecular flexibility index (Phi) is 2.31. The summed E-state index contributed by atoms with van der Waals surface area (Å²) >= 11 is 1.56. The minimum absolute atomic E-state index is 0.104. The third kappa shape index (κ3) is 2.52. The largest absolute Gasteiger partial charge is 0.310 e. The number of aromatic nitrogens is 1. The van der Waals surface area contributed by atoms with Crippen molar-refractivity contribution in [2.75, 3.05) is 5.32 Å². The van der Waals surface area contributed by atoms with Gasteiger partial charge < -0.3 is 5.32 Å². The summed E-state index contributed by atoms with van der Waals surface area (Å²) in [5.74, 6) is 1.45. The van der Waals surface area contributed by atoms with Crippen molar-refractivity contribution >= 4 is 23.1 Å². The summed E-state index contributed by atoms with van der Waals surface area (Å²) in [5.41, 5.74) is 0. The molecule has 1 saturated carbocycles. The molecule has 13 heavy (non-hydrogen) atoms. The SMILES string of the molecule is Cc1nc(NC(=O)CC2CC2)cs1. The van der Waals surface area contributed by atoms with Crippen LogP contribution in [0.25, 0.3) is 0 Å². The maximum absolute atomic E-state index is 11.3. The van der Waals surface area contributed by atoms with Crippen LogP contribution in [-0.2, 0) is 4.79 Å². The molecule has 1 heterocycles. The highest BCUT2D eigenvalue weighted by atomic mass is 32.1. The second-order valence-corrected chi connectivity index (χ2v) is 4.51. The van der Waals surface area contributed by atoms with Crippen molar-refractivity contribution in [3.8, 4) is 0 Å². The number of carbonyl (C=O) groups excluding carboxylic acids is 1. The molecule has 1 aliphatic carbocycles. The van der Waals surface area contributed by atoms with Crippen molar-refractivity contribution in [1.82, 2.24) is 4.98 Å². The first-order valence-electron chi connectivity index (χ1n) is 4.46.